The zero-order valence-electron chi connectivity index (χ0n) is 14.6. The van der Waals surface area contributed by atoms with E-state index in [1.54, 1.807) is 18.3 Å². The van der Waals surface area contributed by atoms with E-state index in [0.29, 0.717) is 5.69 Å². The minimum Gasteiger partial charge on any atom is -0.452 e. The van der Waals surface area contributed by atoms with Crippen molar-refractivity contribution in [3.8, 4) is 0 Å². The van der Waals surface area contributed by atoms with Gasteiger partial charge in [-0.25, -0.2) is 4.79 Å². The zero-order chi connectivity index (χ0) is 19.2. The SMILES string of the molecule is Cc1cc(NC(=O)COC(=O)/C=C/c2cccc3cccnc23)ccc1Br. The second-order valence-electron chi connectivity index (χ2n) is 5.88. The molecule has 5 nitrogen and oxygen atoms in total. The summed E-state index contributed by atoms with van der Waals surface area (Å²) in [5, 5.41) is 3.68. The first kappa shape index (κ1) is 18.8. The van der Waals surface area contributed by atoms with Gasteiger partial charge >= 0.3 is 5.97 Å². The topological polar surface area (TPSA) is 68.3 Å². The molecule has 1 amide bonds. The normalized spacial score (nSPS) is 10.9. The van der Waals surface area contributed by atoms with E-state index in [1.165, 1.54) is 6.08 Å². The van der Waals surface area contributed by atoms with Gasteiger partial charge in [0.05, 0.1) is 5.52 Å². The van der Waals surface area contributed by atoms with Crippen molar-refractivity contribution < 1.29 is 14.3 Å². The van der Waals surface area contributed by atoms with Gasteiger partial charge in [0.1, 0.15) is 0 Å². The van der Waals surface area contributed by atoms with Crippen LogP contribution in [0.2, 0.25) is 0 Å². The lowest BCUT2D eigenvalue weighted by Crippen LogP contribution is -2.20. The van der Waals surface area contributed by atoms with Crippen LogP contribution in [0.5, 0.6) is 0 Å². The second-order valence-corrected chi connectivity index (χ2v) is 6.73. The molecule has 3 rings (SSSR count). The number of ether oxygens (including phenoxy) is 1. The van der Waals surface area contributed by atoms with Gasteiger partial charge in [-0.3, -0.25) is 9.78 Å². The van der Waals surface area contributed by atoms with Crippen molar-refractivity contribution in [2.24, 2.45) is 0 Å². The van der Waals surface area contributed by atoms with Gasteiger partial charge in [-0.15, -0.1) is 0 Å². The van der Waals surface area contributed by atoms with Crippen LogP contribution in [-0.4, -0.2) is 23.5 Å². The molecule has 27 heavy (non-hydrogen) atoms. The number of hydrogen-bond donors (Lipinski definition) is 1. The number of aryl methyl sites for hydroxylation is 1. The number of esters is 1. The molecule has 0 fully saturated rings. The molecule has 0 aliphatic rings. The Labute approximate surface area is 165 Å². The van der Waals surface area contributed by atoms with E-state index in [-0.39, 0.29) is 6.61 Å². The maximum atomic E-state index is 11.9. The van der Waals surface area contributed by atoms with Crippen molar-refractivity contribution in [3.05, 3.63) is 76.4 Å². The Balaban J connectivity index is 1.56. The molecular formula is C21H17BrN2O3. The number of benzene rings is 2. The highest BCUT2D eigenvalue weighted by molar-refractivity contribution is 9.10. The number of nitrogens with zero attached hydrogens (tertiary/aromatic N) is 1. The van der Waals surface area contributed by atoms with Crippen LogP contribution in [0, 0.1) is 6.92 Å². The van der Waals surface area contributed by atoms with Crippen molar-refractivity contribution in [2.45, 2.75) is 6.92 Å². The van der Waals surface area contributed by atoms with Crippen LogP contribution in [0.1, 0.15) is 11.1 Å². The third-order valence-electron chi connectivity index (χ3n) is 3.85. The van der Waals surface area contributed by atoms with Gasteiger partial charge < -0.3 is 10.1 Å². The molecule has 0 saturated carbocycles. The van der Waals surface area contributed by atoms with Gasteiger partial charge in [-0.1, -0.05) is 40.2 Å². The summed E-state index contributed by atoms with van der Waals surface area (Å²) in [4.78, 5) is 28.1. The van der Waals surface area contributed by atoms with Crippen LogP contribution in [0.3, 0.4) is 0 Å². The second kappa shape index (κ2) is 8.60. The summed E-state index contributed by atoms with van der Waals surface area (Å²) >= 11 is 3.40. The lowest BCUT2D eigenvalue weighted by atomic mass is 10.1. The fourth-order valence-electron chi connectivity index (χ4n) is 2.52. The molecule has 6 heteroatoms. The molecule has 0 unspecified atom stereocenters. The molecule has 0 atom stereocenters. The smallest absolute Gasteiger partial charge is 0.331 e. The van der Waals surface area contributed by atoms with E-state index in [9.17, 15) is 9.59 Å². The first-order valence-electron chi connectivity index (χ1n) is 8.27. The summed E-state index contributed by atoms with van der Waals surface area (Å²) in [6, 6.07) is 15.0. The largest absolute Gasteiger partial charge is 0.452 e. The van der Waals surface area contributed by atoms with Gasteiger partial charge in [0.25, 0.3) is 5.91 Å². The number of carbonyl (C=O) groups excluding carboxylic acids is 2. The van der Waals surface area contributed by atoms with Gasteiger partial charge in [0.2, 0.25) is 0 Å². The fraction of sp³-hybridized carbons (Fsp3) is 0.0952. The first-order valence-corrected chi connectivity index (χ1v) is 9.07. The van der Waals surface area contributed by atoms with Gasteiger partial charge in [0, 0.05) is 33.4 Å². The number of para-hydroxylation sites is 1. The number of rotatable bonds is 5. The van der Waals surface area contributed by atoms with E-state index in [4.69, 9.17) is 4.74 Å². The number of halogens is 1. The highest BCUT2D eigenvalue weighted by Crippen LogP contribution is 2.20. The Morgan fingerprint density at radius 1 is 1.19 bits per heavy atom. The molecular weight excluding hydrogens is 408 g/mol. The minimum absolute atomic E-state index is 0.355. The Kier molecular flexibility index (Phi) is 5.98. The molecule has 0 aliphatic carbocycles. The molecule has 0 saturated heterocycles. The Morgan fingerprint density at radius 2 is 2.00 bits per heavy atom. The van der Waals surface area contributed by atoms with Crippen molar-refractivity contribution in [3.63, 3.8) is 0 Å². The minimum atomic E-state index is -0.593. The van der Waals surface area contributed by atoms with Crippen LogP contribution in [0.25, 0.3) is 17.0 Å². The standard InChI is InChI=1S/C21H17BrN2O3/c1-14-12-17(8-9-18(14)22)24-19(25)13-27-20(26)10-7-16-5-2-4-15-6-3-11-23-21(15)16/h2-12H,13H2,1H3,(H,24,25)/b10-7+. The maximum Gasteiger partial charge on any atom is 0.331 e. The van der Waals surface area contributed by atoms with Crippen molar-refractivity contribution >= 4 is 50.5 Å². The van der Waals surface area contributed by atoms with E-state index >= 15 is 0 Å². The molecule has 0 radical (unpaired) electrons. The summed E-state index contributed by atoms with van der Waals surface area (Å²) in [5.41, 5.74) is 3.25. The van der Waals surface area contributed by atoms with Crippen molar-refractivity contribution in [1.29, 1.82) is 0 Å². The average Bonchev–Trinajstić information content (AvgIpc) is 2.67. The number of aromatic nitrogens is 1. The monoisotopic (exact) mass is 424 g/mol. The Hall–Kier alpha value is -2.99. The number of carbonyl (C=O) groups is 2. The third-order valence-corrected chi connectivity index (χ3v) is 4.74. The molecule has 2 aromatic carbocycles. The number of pyridine rings is 1. The van der Waals surface area contributed by atoms with Crippen molar-refractivity contribution in [2.75, 3.05) is 11.9 Å². The van der Waals surface area contributed by atoms with E-state index < -0.39 is 11.9 Å². The summed E-state index contributed by atoms with van der Waals surface area (Å²) in [6.45, 7) is 1.57. The number of nitrogens with one attached hydrogen (secondary N) is 1. The molecule has 0 bridgehead atoms. The van der Waals surface area contributed by atoms with Crippen LogP contribution >= 0.6 is 15.9 Å². The molecule has 1 N–H and O–H groups in total. The Bertz CT molecular complexity index is 1030. The quantitative estimate of drug-likeness (QED) is 0.483. The summed E-state index contributed by atoms with van der Waals surface area (Å²) in [5.74, 6) is -0.990. The average molecular weight is 425 g/mol. The van der Waals surface area contributed by atoms with Crippen molar-refractivity contribution in [1.82, 2.24) is 4.98 Å². The maximum absolute atomic E-state index is 11.9. The van der Waals surface area contributed by atoms with Crippen LogP contribution in [0.4, 0.5) is 5.69 Å². The highest BCUT2D eigenvalue weighted by atomic mass is 79.9. The van der Waals surface area contributed by atoms with Gasteiger partial charge in [-0.2, -0.15) is 0 Å². The molecule has 1 aromatic heterocycles. The highest BCUT2D eigenvalue weighted by Gasteiger charge is 2.07. The summed E-state index contributed by atoms with van der Waals surface area (Å²) in [6.07, 6.45) is 4.63. The molecule has 1 heterocycles. The predicted octanol–water partition coefficient (Wildman–Crippen LogP) is 4.50. The number of amides is 1. The summed E-state index contributed by atoms with van der Waals surface area (Å²) in [7, 11) is 0. The number of fused-ring (bicyclic) bond motifs is 1. The molecule has 0 aliphatic heterocycles. The first-order chi connectivity index (χ1) is 13.0. The van der Waals surface area contributed by atoms with E-state index in [1.807, 2.05) is 49.4 Å². The zero-order valence-corrected chi connectivity index (χ0v) is 16.2. The molecule has 136 valence electrons. The number of anilines is 1. The molecule has 3 aromatic rings. The van der Waals surface area contributed by atoms with E-state index in [2.05, 4.69) is 26.2 Å². The lowest BCUT2D eigenvalue weighted by molar-refractivity contribution is -0.142. The fourth-order valence-corrected chi connectivity index (χ4v) is 2.77. The van der Waals surface area contributed by atoms with Crippen LogP contribution < -0.4 is 5.32 Å². The van der Waals surface area contributed by atoms with E-state index in [0.717, 1.165) is 26.5 Å². The molecule has 0 spiro atoms. The lowest BCUT2D eigenvalue weighted by Gasteiger charge is -2.07. The van der Waals surface area contributed by atoms with Gasteiger partial charge in [0.15, 0.2) is 6.61 Å². The Morgan fingerprint density at radius 3 is 2.81 bits per heavy atom. The predicted molar refractivity (Wildman–Crippen MR) is 109 cm³/mol. The van der Waals surface area contributed by atoms with Gasteiger partial charge in [-0.05, 0) is 42.8 Å². The van der Waals surface area contributed by atoms with Crippen LogP contribution in [0.15, 0.2) is 65.3 Å². The third kappa shape index (κ3) is 5.01. The number of hydrogen-bond acceptors (Lipinski definition) is 4. The summed E-state index contributed by atoms with van der Waals surface area (Å²) < 4.78 is 5.95. The van der Waals surface area contributed by atoms with Crippen LogP contribution in [-0.2, 0) is 14.3 Å².